The molecule has 0 unspecified atom stereocenters. The molecule has 204 valence electrons. The van der Waals surface area contributed by atoms with Crippen molar-refractivity contribution in [1.82, 2.24) is 25.8 Å². The van der Waals surface area contributed by atoms with Crippen LogP contribution < -0.4 is 15.1 Å². The third-order valence-corrected chi connectivity index (χ3v) is 6.05. The molecular weight excluding hydrogens is 560 g/mol. The van der Waals surface area contributed by atoms with Gasteiger partial charge in [-0.2, -0.15) is 13.2 Å². The molecule has 0 saturated carbocycles. The van der Waals surface area contributed by atoms with Gasteiger partial charge in [0.15, 0.2) is 10.9 Å². The van der Waals surface area contributed by atoms with Crippen LogP contribution in [0.2, 0.25) is 10.0 Å². The molecule has 0 aliphatic heterocycles. The minimum Gasteiger partial charge on any atom is -0.542 e. The lowest BCUT2D eigenvalue weighted by Crippen LogP contribution is -2.41. The highest BCUT2D eigenvalue weighted by molar-refractivity contribution is 6.30. The average molecular weight is 581 g/mol. The minimum atomic E-state index is -5.19. The number of carboxylic acids is 1. The number of aromatic nitrogens is 5. The molecule has 0 bridgehead atoms. The number of amides is 1. The summed E-state index contributed by atoms with van der Waals surface area (Å²) in [5.41, 5.74) is 3.23. The Bertz CT molecular complexity index is 1390. The first kappa shape index (κ1) is 29.5. The Hall–Kier alpha value is -4.03. The summed E-state index contributed by atoms with van der Waals surface area (Å²) in [5.74, 6) is -3.20. The second-order valence-electron chi connectivity index (χ2n) is 8.23. The summed E-state index contributed by atoms with van der Waals surface area (Å²) in [7, 11) is 0. The monoisotopic (exact) mass is 580 g/mol. The Kier molecular flexibility index (Phi) is 9.96. The highest BCUT2D eigenvalue weighted by Gasteiger charge is 2.29. The molecule has 39 heavy (non-hydrogen) atoms. The Morgan fingerprint density at radius 3 is 2.18 bits per heavy atom. The molecule has 9 nitrogen and oxygen atoms in total. The van der Waals surface area contributed by atoms with E-state index in [4.69, 9.17) is 33.1 Å². The Morgan fingerprint density at radius 2 is 1.64 bits per heavy atom. The van der Waals surface area contributed by atoms with Gasteiger partial charge in [0.25, 0.3) is 12.2 Å². The fourth-order valence-electron chi connectivity index (χ4n) is 3.62. The highest BCUT2D eigenvalue weighted by atomic mass is 35.5. The van der Waals surface area contributed by atoms with Crippen molar-refractivity contribution in [2.24, 2.45) is 0 Å². The van der Waals surface area contributed by atoms with Crippen molar-refractivity contribution in [3.8, 4) is 5.69 Å². The van der Waals surface area contributed by atoms with Crippen molar-refractivity contribution in [3.63, 3.8) is 0 Å². The van der Waals surface area contributed by atoms with E-state index in [1.807, 2.05) is 55.5 Å². The standard InChI is InChI=1S/C23H20Cl2N6O.C2HF3O2/c1-15(28-23(32)20-10-11-26-13-22(20)31-14-27-29-30-31)21(17-4-8-19(25)9-5-17)12-16-2-6-18(24)7-3-16;3-2(4,5)1(6)7/h2-11,13-15,21H,12H2,1H3,(H,28,32);(H,6,7)/t15-,21+;/m1./s1. The van der Waals surface area contributed by atoms with Crippen LogP contribution in [0.5, 0.6) is 0 Å². The number of carbonyl (C=O) groups excluding carboxylic acids is 2. The van der Waals surface area contributed by atoms with Crippen molar-refractivity contribution in [2.75, 3.05) is 0 Å². The number of alkyl halides is 3. The van der Waals surface area contributed by atoms with E-state index < -0.39 is 12.1 Å². The van der Waals surface area contributed by atoms with Crippen molar-refractivity contribution < 1.29 is 32.5 Å². The van der Waals surface area contributed by atoms with E-state index in [2.05, 4.69) is 25.8 Å². The predicted molar refractivity (Wildman–Crippen MR) is 133 cm³/mol. The second-order valence-corrected chi connectivity index (χ2v) is 9.10. The first-order valence-corrected chi connectivity index (χ1v) is 12.0. The average Bonchev–Trinajstić information content (AvgIpc) is 3.44. The molecule has 4 rings (SSSR count). The summed E-state index contributed by atoms with van der Waals surface area (Å²) >= 11 is 12.1. The van der Waals surface area contributed by atoms with E-state index in [9.17, 15) is 18.0 Å². The maximum absolute atomic E-state index is 13.2. The molecule has 1 amide bonds. The fraction of sp³-hybridized carbons (Fsp3) is 0.200. The van der Waals surface area contributed by atoms with Gasteiger partial charge < -0.3 is 15.2 Å². The SMILES string of the molecule is C[C@@H](NC(=O)c1ccncc1-[n+]1cnn[nH]1)[C@H](Cc1ccc(Cl)cc1)c1ccc(Cl)cc1.O=C([O-])C(F)(F)F. The lowest BCUT2D eigenvalue weighted by Gasteiger charge is -2.26. The molecule has 2 aromatic heterocycles. The van der Waals surface area contributed by atoms with Crippen molar-refractivity contribution in [1.29, 1.82) is 0 Å². The van der Waals surface area contributed by atoms with Crippen molar-refractivity contribution in [3.05, 3.63) is 100 Å². The molecule has 0 saturated heterocycles. The lowest BCUT2D eigenvalue weighted by atomic mass is 9.86. The zero-order chi connectivity index (χ0) is 28.6. The summed E-state index contributed by atoms with van der Waals surface area (Å²) in [6, 6.07) is 17.0. The molecule has 14 heteroatoms. The molecule has 0 aliphatic rings. The molecular formula is C25H21Cl2F3N6O3. The van der Waals surface area contributed by atoms with E-state index in [-0.39, 0.29) is 17.9 Å². The van der Waals surface area contributed by atoms with Crippen LogP contribution in [0, 0.1) is 0 Å². The number of benzene rings is 2. The first-order chi connectivity index (χ1) is 18.5. The van der Waals surface area contributed by atoms with Gasteiger partial charge in [-0.15, -0.1) is 4.68 Å². The molecule has 4 aromatic rings. The smallest absolute Gasteiger partial charge is 0.430 e. The number of pyridine rings is 1. The van der Waals surface area contributed by atoms with Crippen LogP contribution in [-0.2, 0) is 11.2 Å². The summed E-state index contributed by atoms with van der Waals surface area (Å²) in [6.45, 7) is 2.00. The number of carboxylic acid groups (broad SMARTS) is 1. The first-order valence-electron chi connectivity index (χ1n) is 11.3. The topological polar surface area (TPSA) is 128 Å². The maximum Gasteiger partial charge on any atom is 0.430 e. The van der Waals surface area contributed by atoms with Crippen molar-refractivity contribution >= 4 is 35.1 Å². The van der Waals surface area contributed by atoms with Gasteiger partial charge >= 0.3 is 6.18 Å². The number of tetrazole rings is 1. The summed E-state index contributed by atoms with van der Waals surface area (Å²) in [5, 5.41) is 23.5. The quantitative estimate of drug-likeness (QED) is 0.323. The summed E-state index contributed by atoms with van der Waals surface area (Å²) < 4.78 is 33.1. The van der Waals surface area contributed by atoms with E-state index in [0.717, 1.165) is 17.5 Å². The second kappa shape index (κ2) is 13.2. The molecule has 0 aliphatic carbocycles. The van der Waals surface area contributed by atoms with Crippen LogP contribution in [0.1, 0.15) is 34.3 Å². The molecule has 2 aromatic carbocycles. The van der Waals surface area contributed by atoms with E-state index in [1.165, 1.54) is 11.0 Å². The van der Waals surface area contributed by atoms with Crippen LogP contribution >= 0.6 is 23.2 Å². The summed E-state index contributed by atoms with van der Waals surface area (Å²) in [4.78, 5) is 26.1. The number of H-pyrrole nitrogens is 1. The third-order valence-electron chi connectivity index (χ3n) is 5.54. The number of carbonyl (C=O) groups is 2. The normalized spacial score (nSPS) is 12.6. The van der Waals surface area contributed by atoms with Gasteiger partial charge in [-0.3, -0.25) is 9.78 Å². The van der Waals surface area contributed by atoms with Crippen LogP contribution in [0.4, 0.5) is 13.2 Å². The van der Waals surface area contributed by atoms with Gasteiger partial charge in [-0.1, -0.05) is 52.7 Å². The van der Waals surface area contributed by atoms with Gasteiger partial charge in [-0.05, 0) is 54.8 Å². The molecule has 0 fully saturated rings. The fourth-order valence-corrected chi connectivity index (χ4v) is 3.87. The number of hydrogen-bond acceptors (Lipinski definition) is 6. The van der Waals surface area contributed by atoms with E-state index >= 15 is 0 Å². The van der Waals surface area contributed by atoms with E-state index in [1.54, 1.807) is 18.5 Å². The molecule has 2 heterocycles. The molecule has 0 spiro atoms. The zero-order valence-electron chi connectivity index (χ0n) is 20.2. The highest BCUT2D eigenvalue weighted by Crippen LogP contribution is 2.27. The third kappa shape index (κ3) is 8.48. The van der Waals surface area contributed by atoms with Gasteiger partial charge in [0, 0.05) is 28.2 Å². The number of hydrogen-bond donors (Lipinski definition) is 2. The van der Waals surface area contributed by atoms with Crippen molar-refractivity contribution in [2.45, 2.75) is 31.5 Å². The molecule has 2 N–H and O–H groups in total. The van der Waals surface area contributed by atoms with Crippen LogP contribution in [0.15, 0.2) is 73.3 Å². The largest absolute Gasteiger partial charge is 0.542 e. The predicted octanol–water partition coefficient (Wildman–Crippen LogP) is 3.23. The van der Waals surface area contributed by atoms with E-state index in [0.29, 0.717) is 21.3 Å². The van der Waals surface area contributed by atoms with Crippen LogP contribution in [-0.4, -0.2) is 44.6 Å². The zero-order valence-corrected chi connectivity index (χ0v) is 21.7. The number of nitrogens with one attached hydrogen (secondary N) is 2. The van der Waals surface area contributed by atoms with Gasteiger partial charge in [0.05, 0.1) is 11.8 Å². The maximum atomic E-state index is 13.2. The van der Waals surface area contributed by atoms with Crippen LogP contribution in [0.25, 0.3) is 5.69 Å². The molecule has 2 atom stereocenters. The van der Waals surface area contributed by atoms with Gasteiger partial charge in [0.2, 0.25) is 0 Å². The van der Waals surface area contributed by atoms with Gasteiger partial charge in [-0.25, -0.2) is 0 Å². The Morgan fingerprint density at radius 1 is 1.05 bits per heavy atom. The Labute approximate surface area is 230 Å². The number of halogens is 5. The molecule has 0 radical (unpaired) electrons. The Balaban J connectivity index is 0.000000532. The number of nitrogens with zero attached hydrogens (tertiary/aromatic N) is 4. The lowest BCUT2D eigenvalue weighted by molar-refractivity contribution is -0.660. The number of aliphatic carboxylic acids is 1. The number of rotatable bonds is 7. The summed E-state index contributed by atoms with van der Waals surface area (Å²) in [6.07, 6.45) is 0.179. The minimum absolute atomic E-state index is 0.0177. The van der Waals surface area contributed by atoms with Gasteiger partial charge in [0.1, 0.15) is 11.1 Å². The number of aromatic amines is 1. The van der Waals surface area contributed by atoms with Crippen LogP contribution in [0.3, 0.4) is 0 Å².